The van der Waals surface area contributed by atoms with Gasteiger partial charge in [-0.1, -0.05) is 12.5 Å². The zero-order chi connectivity index (χ0) is 24.0. The summed E-state index contributed by atoms with van der Waals surface area (Å²) in [5.41, 5.74) is 1.09. The number of nitrogens with one attached hydrogen (secondary N) is 2. The van der Waals surface area contributed by atoms with Crippen LogP contribution >= 0.6 is 0 Å². The van der Waals surface area contributed by atoms with Crippen molar-refractivity contribution in [1.29, 1.82) is 0 Å². The van der Waals surface area contributed by atoms with E-state index in [1.807, 2.05) is 0 Å². The maximum absolute atomic E-state index is 14.5. The number of amides is 4. The third-order valence-corrected chi connectivity index (χ3v) is 7.00. The molecule has 2 aromatic rings. The highest BCUT2D eigenvalue weighted by atomic mass is 19.1. The molecule has 2 heterocycles. The highest BCUT2D eigenvalue weighted by molar-refractivity contribution is 6.06. The summed E-state index contributed by atoms with van der Waals surface area (Å²) in [4.78, 5) is 51.0. The molecule has 9 heteroatoms. The molecule has 176 valence electrons. The molecule has 2 aliphatic heterocycles. The van der Waals surface area contributed by atoms with Crippen LogP contribution in [0.3, 0.4) is 0 Å². The third-order valence-electron chi connectivity index (χ3n) is 7.00. The van der Waals surface area contributed by atoms with Crippen molar-refractivity contribution in [1.82, 2.24) is 15.5 Å². The van der Waals surface area contributed by atoms with E-state index in [4.69, 9.17) is 0 Å². The van der Waals surface area contributed by atoms with Gasteiger partial charge in [0.2, 0.25) is 11.8 Å². The van der Waals surface area contributed by atoms with Crippen LogP contribution in [-0.4, -0.2) is 34.6 Å². The molecule has 3 aliphatic rings. The van der Waals surface area contributed by atoms with E-state index in [2.05, 4.69) is 10.6 Å². The highest BCUT2D eigenvalue weighted by Gasteiger charge is 2.39. The number of piperidine rings is 1. The van der Waals surface area contributed by atoms with E-state index < -0.39 is 35.5 Å². The van der Waals surface area contributed by atoms with Crippen molar-refractivity contribution in [2.45, 2.75) is 50.7 Å². The van der Waals surface area contributed by atoms with Crippen LogP contribution in [0.5, 0.6) is 0 Å². The van der Waals surface area contributed by atoms with Crippen molar-refractivity contribution < 1.29 is 28.0 Å². The lowest BCUT2D eigenvalue weighted by atomic mass is 9.76. The molecule has 0 aromatic heterocycles. The standard InChI is InChI=1S/C25H23F2N3O4/c26-17-5-2-6-18(27)21(17)22(13-3-1-4-13)29-23(32)14-7-8-16-15(11-14)12-30(25(16)34)19-9-10-20(31)28-24(19)33/h2,5-8,11,13,19,22H,1,3-4,9-10,12H2,(H,29,32)(H,28,31,33)/t19?,22-/m1/s1. The molecule has 1 aliphatic carbocycles. The Bertz CT molecular complexity index is 1190. The Morgan fingerprint density at radius 2 is 1.79 bits per heavy atom. The average molecular weight is 467 g/mol. The van der Waals surface area contributed by atoms with Crippen molar-refractivity contribution in [3.63, 3.8) is 0 Å². The first-order chi connectivity index (χ1) is 16.3. The lowest BCUT2D eigenvalue weighted by molar-refractivity contribution is -0.136. The van der Waals surface area contributed by atoms with Crippen LogP contribution in [0.2, 0.25) is 0 Å². The third kappa shape index (κ3) is 3.85. The Hall–Kier alpha value is -3.62. The molecule has 5 rings (SSSR count). The minimum atomic E-state index is -0.794. The first-order valence-corrected chi connectivity index (χ1v) is 11.4. The minimum absolute atomic E-state index is 0.0608. The number of hydrogen-bond donors (Lipinski definition) is 2. The van der Waals surface area contributed by atoms with Crippen molar-refractivity contribution in [2.24, 2.45) is 5.92 Å². The summed E-state index contributed by atoms with van der Waals surface area (Å²) in [6.07, 6.45) is 2.86. The Morgan fingerprint density at radius 3 is 2.44 bits per heavy atom. The van der Waals surface area contributed by atoms with Gasteiger partial charge in [0.25, 0.3) is 11.8 Å². The maximum Gasteiger partial charge on any atom is 0.255 e. The van der Waals surface area contributed by atoms with E-state index in [0.29, 0.717) is 11.1 Å². The molecule has 2 aromatic carbocycles. The summed E-state index contributed by atoms with van der Waals surface area (Å²) in [6.45, 7) is 0.134. The van der Waals surface area contributed by atoms with Gasteiger partial charge in [-0.15, -0.1) is 0 Å². The number of rotatable bonds is 5. The molecule has 1 unspecified atom stereocenters. The number of hydrogen-bond acceptors (Lipinski definition) is 4. The maximum atomic E-state index is 14.5. The molecule has 1 saturated heterocycles. The largest absolute Gasteiger partial charge is 0.345 e. The molecular weight excluding hydrogens is 444 g/mol. The Balaban J connectivity index is 1.37. The van der Waals surface area contributed by atoms with Crippen LogP contribution in [0.25, 0.3) is 0 Å². The van der Waals surface area contributed by atoms with Crippen molar-refractivity contribution in [3.05, 3.63) is 70.3 Å². The molecule has 1 saturated carbocycles. The summed E-state index contributed by atoms with van der Waals surface area (Å²) in [6, 6.07) is 6.71. The summed E-state index contributed by atoms with van der Waals surface area (Å²) in [5, 5.41) is 5.06. The number of fused-ring (bicyclic) bond motifs is 1. The van der Waals surface area contributed by atoms with E-state index in [0.717, 1.165) is 19.3 Å². The lowest BCUT2D eigenvalue weighted by Crippen LogP contribution is -2.52. The second-order valence-electron chi connectivity index (χ2n) is 9.05. The molecular formula is C25H23F2N3O4. The summed E-state index contributed by atoms with van der Waals surface area (Å²) in [7, 11) is 0. The van der Waals surface area contributed by atoms with E-state index >= 15 is 0 Å². The minimum Gasteiger partial charge on any atom is -0.345 e. The van der Waals surface area contributed by atoms with Crippen molar-refractivity contribution in [3.8, 4) is 0 Å². The topological polar surface area (TPSA) is 95.6 Å². The molecule has 2 fully saturated rings. The Morgan fingerprint density at radius 1 is 1.06 bits per heavy atom. The predicted molar refractivity (Wildman–Crippen MR) is 116 cm³/mol. The van der Waals surface area contributed by atoms with Crippen LogP contribution in [-0.2, 0) is 16.1 Å². The summed E-state index contributed by atoms with van der Waals surface area (Å²) < 4.78 is 29.0. The molecule has 2 atom stereocenters. The number of imide groups is 1. The van der Waals surface area contributed by atoms with Crippen LogP contribution in [0, 0.1) is 17.6 Å². The fraction of sp³-hybridized carbons (Fsp3) is 0.360. The second-order valence-corrected chi connectivity index (χ2v) is 9.05. The van der Waals surface area contributed by atoms with Gasteiger partial charge >= 0.3 is 0 Å². The first-order valence-electron chi connectivity index (χ1n) is 11.4. The molecule has 4 amide bonds. The smallest absolute Gasteiger partial charge is 0.255 e. The van der Waals surface area contributed by atoms with Gasteiger partial charge < -0.3 is 10.2 Å². The van der Waals surface area contributed by atoms with Gasteiger partial charge in [0.1, 0.15) is 17.7 Å². The second kappa shape index (κ2) is 8.62. The summed E-state index contributed by atoms with van der Waals surface area (Å²) in [5.74, 6) is -3.16. The van der Waals surface area contributed by atoms with E-state index in [1.165, 1.54) is 35.2 Å². The fourth-order valence-electron chi connectivity index (χ4n) is 4.95. The van der Waals surface area contributed by atoms with Gasteiger partial charge in [-0.2, -0.15) is 0 Å². The quantitative estimate of drug-likeness (QED) is 0.661. The van der Waals surface area contributed by atoms with Gasteiger partial charge in [0.05, 0.1) is 6.04 Å². The van der Waals surface area contributed by atoms with Gasteiger partial charge in [0, 0.05) is 29.7 Å². The van der Waals surface area contributed by atoms with Gasteiger partial charge in [0.15, 0.2) is 0 Å². The first kappa shape index (κ1) is 22.2. The molecule has 2 N–H and O–H groups in total. The lowest BCUT2D eigenvalue weighted by Gasteiger charge is -2.35. The zero-order valence-corrected chi connectivity index (χ0v) is 18.3. The van der Waals surface area contributed by atoms with Gasteiger partial charge in [-0.25, -0.2) is 8.78 Å². The summed E-state index contributed by atoms with van der Waals surface area (Å²) >= 11 is 0. The van der Waals surface area contributed by atoms with Gasteiger partial charge in [-0.05, 0) is 61.1 Å². The number of carbonyl (C=O) groups excluding carboxylic acids is 4. The number of halogens is 2. The molecule has 0 spiro atoms. The van der Waals surface area contributed by atoms with Crippen LogP contribution < -0.4 is 10.6 Å². The molecule has 0 bridgehead atoms. The van der Waals surface area contributed by atoms with E-state index in [1.54, 1.807) is 6.07 Å². The predicted octanol–water partition coefficient (Wildman–Crippen LogP) is 3.00. The number of nitrogens with zero attached hydrogens (tertiary/aromatic N) is 1. The molecule has 34 heavy (non-hydrogen) atoms. The fourth-order valence-corrected chi connectivity index (χ4v) is 4.95. The van der Waals surface area contributed by atoms with Crippen LogP contribution in [0.15, 0.2) is 36.4 Å². The number of benzene rings is 2. The van der Waals surface area contributed by atoms with E-state index in [9.17, 15) is 28.0 Å². The number of carbonyl (C=O) groups is 4. The molecule has 7 nitrogen and oxygen atoms in total. The average Bonchev–Trinajstić information content (AvgIpc) is 3.08. The Kier molecular flexibility index (Phi) is 5.63. The normalized spacial score (nSPS) is 21.1. The van der Waals surface area contributed by atoms with E-state index in [-0.39, 0.29) is 48.2 Å². The van der Waals surface area contributed by atoms with Crippen LogP contribution in [0.1, 0.15) is 70.0 Å². The monoisotopic (exact) mass is 467 g/mol. The SMILES string of the molecule is O=C1CCC(N2Cc3cc(C(=O)N[C@@H](c4c(F)cccc4F)C4CCC4)ccc3C2=O)C(=O)N1. The van der Waals surface area contributed by atoms with Crippen molar-refractivity contribution in [2.75, 3.05) is 0 Å². The zero-order valence-electron chi connectivity index (χ0n) is 18.3. The molecule has 0 radical (unpaired) electrons. The highest BCUT2D eigenvalue weighted by Crippen LogP contribution is 2.39. The van der Waals surface area contributed by atoms with Crippen molar-refractivity contribution >= 4 is 23.6 Å². The van der Waals surface area contributed by atoms with Crippen LogP contribution in [0.4, 0.5) is 8.78 Å². The Labute approximate surface area is 194 Å². The van der Waals surface area contributed by atoms with Gasteiger partial charge in [-0.3, -0.25) is 24.5 Å².